The van der Waals surface area contributed by atoms with E-state index in [-0.39, 0.29) is 11.7 Å². The zero-order valence-electron chi connectivity index (χ0n) is 12.4. The molecule has 0 aliphatic heterocycles. The highest BCUT2D eigenvalue weighted by atomic mass is 16.7. The van der Waals surface area contributed by atoms with Crippen molar-refractivity contribution in [2.75, 3.05) is 6.61 Å². The molecule has 0 amide bonds. The smallest absolute Gasteiger partial charge is 0.302 e. The second kappa shape index (κ2) is 25.4. The van der Waals surface area contributed by atoms with Crippen LogP contribution >= 0.6 is 0 Å². The molecule has 0 atom stereocenters. The summed E-state index contributed by atoms with van der Waals surface area (Å²) in [5.74, 6) is 15.3. The van der Waals surface area contributed by atoms with Crippen LogP contribution in [0.1, 0.15) is 46.2 Å². The van der Waals surface area contributed by atoms with E-state index in [1.165, 1.54) is 6.92 Å². The second-order valence-corrected chi connectivity index (χ2v) is 3.06. The molecule has 0 aromatic rings. The first kappa shape index (κ1) is 22.7. The highest BCUT2D eigenvalue weighted by Gasteiger charge is 1.85. The lowest BCUT2D eigenvalue weighted by molar-refractivity contribution is -0.139. The van der Waals surface area contributed by atoms with Crippen molar-refractivity contribution in [3.05, 3.63) is 22.1 Å². The molecule has 4 heteroatoms. The molecule has 0 aliphatic carbocycles. The first-order valence-corrected chi connectivity index (χ1v) is 5.97. The Hall–Kier alpha value is -2.51. The molecule has 0 spiro atoms. The van der Waals surface area contributed by atoms with E-state index in [0.29, 0.717) is 6.61 Å². The van der Waals surface area contributed by atoms with Crippen molar-refractivity contribution >= 4 is 5.97 Å². The van der Waals surface area contributed by atoms with Gasteiger partial charge in [-0.15, -0.1) is 0 Å². The maximum Gasteiger partial charge on any atom is 0.302 e. The fraction of sp³-hybridized carbons (Fsp3) is 0.438. The van der Waals surface area contributed by atoms with E-state index in [1.54, 1.807) is 13.8 Å². The number of allylic oxidation sites excluding steroid dienone is 1. The fourth-order valence-corrected chi connectivity index (χ4v) is 0.706. The molecule has 0 unspecified atom stereocenters. The number of unbranched alkanes of at least 4 members (excludes halogenated alkanes) is 1. The molecule has 116 valence electrons. The summed E-state index contributed by atoms with van der Waals surface area (Å²) < 4.78 is 4.66. The van der Waals surface area contributed by atoms with Gasteiger partial charge in [-0.2, -0.15) is 0 Å². The standard InChI is InChI=1S/C8H14O2.C8H6.O2.4H2/c1-3-4-5-6-7-10-8(2)9;1-3-5-7-8-6-4-2;1-2;;;;/h5-6H,3-4,7H2,1-2H3;1-2H3;;4*1H/b6-5-;;;;;;. The molecular formula is C16H28O4. The zero-order chi connectivity index (χ0) is 16.1. The van der Waals surface area contributed by atoms with Gasteiger partial charge < -0.3 is 4.74 Å². The third-order valence-corrected chi connectivity index (χ3v) is 1.44. The summed E-state index contributed by atoms with van der Waals surface area (Å²) in [4.78, 5) is 24.2. The van der Waals surface area contributed by atoms with Crippen molar-refractivity contribution in [3.8, 4) is 35.5 Å². The number of hydrogen-bond acceptors (Lipinski definition) is 4. The Kier molecular flexibility index (Phi) is 28.7. The van der Waals surface area contributed by atoms with Crippen LogP contribution in [0.3, 0.4) is 0 Å². The SMILES string of the molecule is CC#CC#CC#CC.CCC/C=C\COC(C)=O.O=O.[HH].[HH].[HH].[HH]. The summed E-state index contributed by atoms with van der Waals surface area (Å²) in [5, 5.41) is 0. The largest absolute Gasteiger partial charge is 0.462 e. The van der Waals surface area contributed by atoms with Crippen LogP contribution in [0.25, 0.3) is 0 Å². The summed E-state index contributed by atoms with van der Waals surface area (Å²) in [6, 6.07) is 0. The van der Waals surface area contributed by atoms with Crippen LogP contribution in [0.2, 0.25) is 0 Å². The van der Waals surface area contributed by atoms with Crippen molar-refractivity contribution in [2.24, 2.45) is 0 Å². The summed E-state index contributed by atoms with van der Waals surface area (Å²) in [7, 11) is 0. The van der Waals surface area contributed by atoms with Gasteiger partial charge in [0.05, 0.1) is 0 Å². The molecule has 0 aromatic carbocycles. The molecule has 0 aromatic heterocycles. The minimum absolute atomic E-state index is 0. The van der Waals surface area contributed by atoms with Crippen LogP contribution < -0.4 is 0 Å². The van der Waals surface area contributed by atoms with Crippen molar-refractivity contribution in [2.45, 2.75) is 40.5 Å². The maximum absolute atomic E-state index is 10.2. The Bertz CT molecular complexity index is 422. The maximum atomic E-state index is 10.2. The van der Waals surface area contributed by atoms with Crippen molar-refractivity contribution in [3.63, 3.8) is 0 Å². The Morgan fingerprint density at radius 2 is 1.55 bits per heavy atom. The molecule has 20 heavy (non-hydrogen) atoms. The first-order valence-electron chi connectivity index (χ1n) is 5.97. The Balaban J connectivity index is -0.0000000383. The molecule has 0 aliphatic rings. The van der Waals surface area contributed by atoms with E-state index in [0.717, 1.165) is 12.8 Å². The fourth-order valence-electron chi connectivity index (χ4n) is 0.706. The normalized spacial score (nSPS) is 6.80. The average Bonchev–Trinajstić information content (AvgIpc) is 2.46. The van der Waals surface area contributed by atoms with Crippen LogP contribution in [-0.2, 0) is 9.53 Å². The third-order valence-electron chi connectivity index (χ3n) is 1.44. The van der Waals surface area contributed by atoms with Crippen LogP contribution in [0.5, 0.6) is 0 Å². The highest BCUT2D eigenvalue weighted by Crippen LogP contribution is 1.88. The van der Waals surface area contributed by atoms with E-state index in [2.05, 4.69) is 47.2 Å². The van der Waals surface area contributed by atoms with Crippen molar-refractivity contribution in [1.29, 1.82) is 0 Å². The highest BCUT2D eigenvalue weighted by molar-refractivity contribution is 5.65. The topological polar surface area (TPSA) is 60.4 Å². The van der Waals surface area contributed by atoms with Crippen molar-refractivity contribution in [1.82, 2.24) is 0 Å². The first-order chi connectivity index (χ1) is 9.68. The van der Waals surface area contributed by atoms with Gasteiger partial charge in [-0.1, -0.05) is 37.3 Å². The van der Waals surface area contributed by atoms with E-state index in [1.807, 2.05) is 12.2 Å². The molecule has 0 radical (unpaired) electrons. The number of hydrogen-bond donors (Lipinski definition) is 0. The molecule has 0 heterocycles. The minimum Gasteiger partial charge on any atom is -0.462 e. The molecule has 0 saturated carbocycles. The van der Waals surface area contributed by atoms with Gasteiger partial charge in [0.2, 0.25) is 0 Å². The van der Waals surface area contributed by atoms with E-state index < -0.39 is 0 Å². The molecule has 0 N–H and O–H groups in total. The molecular weight excluding hydrogens is 256 g/mol. The second-order valence-electron chi connectivity index (χ2n) is 3.06. The number of ether oxygens (including phenoxy) is 1. The monoisotopic (exact) mass is 284 g/mol. The average molecular weight is 284 g/mol. The summed E-state index contributed by atoms with van der Waals surface area (Å²) in [5.41, 5.74) is 0. The van der Waals surface area contributed by atoms with Crippen LogP contribution in [0, 0.1) is 45.5 Å². The molecule has 0 rings (SSSR count). The van der Waals surface area contributed by atoms with Gasteiger partial charge >= 0.3 is 5.97 Å². The number of rotatable bonds is 4. The third kappa shape index (κ3) is 36.1. The van der Waals surface area contributed by atoms with Crippen LogP contribution in [0.4, 0.5) is 0 Å². The quantitative estimate of drug-likeness (QED) is 0.445. The number of carbonyl (C=O) groups is 1. The van der Waals surface area contributed by atoms with Crippen LogP contribution in [0.15, 0.2) is 12.2 Å². The van der Waals surface area contributed by atoms with Gasteiger partial charge in [-0.05, 0) is 44.0 Å². The molecule has 4 nitrogen and oxygen atoms in total. The van der Waals surface area contributed by atoms with Gasteiger partial charge in [0.15, 0.2) is 0 Å². The van der Waals surface area contributed by atoms with Crippen LogP contribution in [-0.4, -0.2) is 12.6 Å². The van der Waals surface area contributed by atoms with Gasteiger partial charge in [0, 0.05) is 22.6 Å². The lowest BCUT2D eigenvalue weighted by Gasteiger charge is -1.93. The van der Waals surface area contributed by atoms with E-state index >= 15 is 0 Å². The number of esters is 1. The molecule has 0 bridgehead atoms. The lowest BCUT2D eigenvalue weighted by Crippen LogP contribution is -1.97. The van der Waals surface area contributed by atoms with E-state index in [9.17, 15) is 4.79 Å². The Morgan fingerprint density at radius 1 is 1.05 bits per heavy atom. The Labute approximate surface area is 127 Å². The summed E-state index contributed by atoms with van der Waals surface area (Å²) in [6.07, 6.45) is 6.08. The predicted octanol–water partition coefficient (Wildman–Crippen LogP) is 3.99. The Morgan fingerprint density at radius 3 is 1.90 bits per heavy atom. The number of carbonyl (C=O) groups excluding carboxylic acids is 1. The van der Waals surface area contributed by atoms with Crippen molar-refractivity contribution < 1.29 is 15.2 Å². The summed E-state index contributed by atoms with van der Waals surface area (Å²) >= 11 is 0. The lowest BCUT2D eigenvalue weighted by atomic mass is 10.3. The van der Waals surface area contributed by atoms with E-state index in [4.69, 9.17) is 9.93 Å². The predicted molar refractivity (Wildman–Crippen MR) is 90.5 cm³/mol. The molecule has 0 saturated heterocycles. The zero-order valence-corrected chi connectivity index (χ0v) is 12.4. The van der Waals surface area contributed by atoms with Gasteiger partial charge in [-0.25, -0.2) is 0 Å². The minimum atomic E-state index is -0.221. The van der Waals surface area contributed by atoms with Gasteiger partial charge in [0.25, 0.3) is 0 Å². The summed E-state index contributed by atoms with van der Waals surface area (Å²) in [6.45, 7) is 7.42. The van der Waals surface area contributed by atoms with Gasteiger partial charge in [0.1, 0.15) is 6.61 Å². The van der Waals surface area contributed by atoms with Gasteiger partial charge in [-0.3, -0.25) is 4.79 Å². The molecule has 0 fully saturated rings.